The molecule has 2 aromatic rings. The van der Waals surface area contributed by atoms with Gasteiger partial charge in [0.05, 0.1) is 14.9 Å². The summed E-state index contributed by atoms with van der Waals surface area (Å²) in [6, 6.07) is 6.69. The Morgan fingerprint density at radius 2 is 1.81 bits per heavy atom. The molecule has 0 saturated heterocycles. The molecular formula is C14H13Cl2N3O4S3. The zero-order valence-corrected chi connectivity index (χ0v) is 17.0. The number of thiophene rings is 1. The number of rotatable bonds is 5. The van der Waals surface area contributed by atoms with Crippen molar-refractivity contribution in [1.29, 1.82) is 0 Å². The van der Waals surface area contributed by atoms with Gasteiger partial charge in [0.25, 0.3) is 20.0 Å². The molecule has 0 fully saturated rings. The molecule has 0 amide bonds. The number of sulfonamides is 2. The summed E-state index contributed by atoms with van der Waals surface area (Å²) in [5, 5.41) is 0. The molecule has 0 saturated carbocycles. The third-order valence-electron chi connectivity index (χ3n) is 3.44. The van der Waals surface area contributed by atoms with Crippen molar-refractivity contribution in [3.05, 3.63) is 39.0 Å². The highest BCUT2D eigenvalue weighted by Crippen LogP contribution is 2.35. The monoisotopic (exact) mass is 453 g/mol. The number of benzene rings is 1. The maximum absolute atomic E-state index is 12.4. The van der Waals surface area contributed by atoms with Gasteiger partial charge in [-0.2, -0.15) is 0 Å². The summed E-state index contributed by atoms with van der Waals surface area (Å²) in [7, 11) is -7.85. The molecule has 12 heteroatoms. The first-order chi connectivity index (χ1) is 12.2. The van der Waals surface area contributed by atoms with Crippen molar-refractivity contribution in [1.82, 2.24) is 4.72 Å². The van der Waals surface area contributed by atoms with Gasteiger partial charge in [-0.05, 0) is 30.7 Å². The van der Waals surface area contributed by atoms with Gasteiger partial charge in [-0.25, -0.2) is 16.8 Å². The molecule has 0 atom stereocenters. The zero-order valence-electron chi connectivity index (χ0n) is 13.1. The molecule has 1 aliphatic heterocycles. The number of hydrogen-bond acceptors (Lipinski definition) is 6. The van der Waals surface area contributed by atoms with Gasteiger partial charge in [0.1, 0.15) is 15.1 Å². The van der Waals surface area contributed by atoms with E-state index in [1.807, 2.05) is 0 Å². The third kappa shape index (κ3) is 4.32. The molecule has 1 aromatic carbocycles. The molecule has 1 aromatic heterocycles. The van der Waals surface area contributed by atoms with Crippen LogP contribution in [0.15, 0.2) is 45.1 Å². The van der Waals surface area contributed by atoms with Crippen molar-refractivity contribution in [2.24, 2.45) is 4.99 Å². The molecule has 0 spiro atoms. The van der Waals surface area contributed by atoms with Gasteiger partial charge in [-0.3, -0.25) is 14.4 Å². The van der Waals surface area contributed by atoms with Gasteiger partial charge in [0, 0.05) is 13.0 Å². The van der Waals surface area contributed by atoms with Crippen LogP contribution in [0.5, 0.6) is 0 Å². The van der Waals surface area contributed by atoms with Crippen molar-refractivity contribution >= 4 is 66.1 Å². The second kappa shape index (κ2) is 7.35. The van der Waals surface area contributed by atoms with Crippen molar-refractivity contribution in [3.63, 3.8) is 0 Å². The third-order valence-corrected chi connectivity index (χ3v) is 7.95. The van der Waals surface area contributed by atoms with Gasteiger partial charge < -0.3 is 0 Å². The predicted octanol–water partition coefficient (Wildman–Crippen LogP) is 3.33. The Balaban J connectivity index is 1.86. The molecule has 26 heavy (non-hydrogen) atoms. The summed E-state index contributed by atoms with van der Waals surface area (Å²) in [6.07, 6.45) is 1.35. The van der Waals surface area contributed by atoms with E-state index in [-0.39, 0.29) is 24.2 Å². The van der Waals surface area contributed by atoms with Crippen LogP contribution >= 0.6 is 34.5 Å². The maximum atomic E-state index is 12.4. The predicted molar refractivity (Wildman–Crippen MR) is 103 cm³/mol. The first-order valence-electron chi connectivity index (χ1n) is 7.31. The van der Waals surface area contributed by atoms with Gasteiger partial charge >= 0.3 is 0 Å². The number of halogens is 2. The minimum Gasteiger partial charge on any atom is -0.280 e. The summed E-state index contributed by atoms with van der Waals surface area (Å²) >= 11 is 12.6. The van der Waals surface area contributed by atoms with Crippen molar-refractivity contribution in [2.75, 3.05) is 11.3 Å². The first kappa shape index (κ1) is 19.4. The van der Waals surface area contributed by atoms with Crippen LogP contribution in [0.4, 0.5) is 5.69 Å². The molecule has 140 valence electrons. The summed E-state index contributed by atoms with van der Waals surface area (Å²) in [5.41, 5.74) is 0.0830. The smallest absolute Gasteiger partial charge is 0.264 e. The topological polar surface area (TPSA) is 105 Å². The Morgan fingerprint density at radius 3 is 2.42 bits per heavy atom. The van der Waals surface area contributed by atoms with E-state index in [2.05, 4.69) is 14.4 Å². The summed E-state index contributed by atoms with van der Waals surface area (Å²) in [6.45, 7) is 0.585. The highest BCUT2D eigenvalue weighted by atomic mass is 35.5. The van der Waals surface area contributed by atoms with E-state index in [4.69, 9.17) is 23.2 Å². The Bertz CT molecular complexity index is 1080. The van der Waals surface area contributed by atoms with Gasteiger partial charge in [-0.15, -0.1) is 11.3 Å². The average Bonchev–Trinajstić information content (AvgIpc) is 3.16. The summed E-state index contributed by atoms with van der Waals surface area (Å²) in [4.78, 5) is 3.82. The van der Waals surface area contributed by atoms with Crippen LogP contribution in [0.1, 0.15) is 12.8 Å². The molecule has 2 N–H and O–H groups in total. The molecular weight excluding hydrogens is 441 g/mol. The molecule has 0 aliphatic carbocycles. The number of nitrogens with one attached hydrogen (secondary N) is 2. The Labute approximate surface area is 165 Å². The molecule has 0 bridgehead atoms. The lowest BCUT2D eigenvalue weighted by atomic mass is 10.3. The highest BCUT2D eigenvalue weighted by molar-refractivity contribution is 7.93. The number of nitrogens with zero attached hydrogens (tertiary/aromatic N) is 1. The molecule has 1 aliphatic rings. The SMILES string of the molecule is O=S(=O)(NC1=NCCC1)c1cccc(NS(=O)(=O)c2cc(Cl)sc2Cl)c1. The van der Waals surface area contributed by atoms with E-state index in [0.717, 1.165) is 17.8 Å². The maximum Gasteiger partial charge on any atom is 0.264 e. The molecule has 7 nitrogen and oxygen atoms in total. The first-order valence-corrected chi connectivity index (χ1v) is 11.9. The van der Waals surface area contributed by atoms with Gasteiger partial charge in [0.15, 0.2) is 0 Å². The number of amidine groups is 1. The van der Waals surface area contributed by atoms with Crippen LogP contribution in [-0.2, 0) is 20.0 Å². The number of anilines is 1. The Kier molecular flexibility index (Phi) is 5.50. The minimum atomic E-state index is -4.00. The van der Waals surface area contributed by atoms with Crippen LogP contribution in [0.2, 0.25) is 8.67 Å². The molecule has 0 unspecified atom stereocenters. The van der Waals surface area contributed by atoms with Crippen LogP contribution in [0, 0.1) is 0 Å². The van der Waals surface area contributed by atoms with Crippen molar-refractivity contribution < 1.29 is 16.8 Å². The van der Waals surface area contributed by atoms with Crippen LogP contribution < -0.4 is 9.44 Å². The quantitative estimate of drug-likeness (QED) is 0.723. The second-order valence-corrected chi connectivity index (χ2v) is 11.0. The largest absolute Gasteiger partial charge is 0.280 e. The van der Waals surface area contributed by atoms with E-state index in [0.29, 0.717) is 18.8 Å². The second-order valence-electron chi connectivity index (χ2n) is 5.36. The Hall–Kier alpha value is -1.33. The summed E-state index contributed by atoms with van der Waals surface area (Å²) < 4.78 is 54.7. The average molecular weight is 454 g/mol. The van der Waals surface area contributed by atoms with Crippen LogP contribution in [0.3, 0.4) is 0 Å². The molecule has 3 rings (SSSR count). The van der Waals surface area contributed by atoms with E-state index in [1.165, 1.54) is 30.3 Å². The lowest BCUT2D eigenvalue weighted by molar-refractivity contribution is 0.591. The number of hydrogen-bond donors (Lipinski definition) is 2. The van der Waals surface area contributed by atoms with E-state index >= 15 is 0 Å². The number of aliphatic imine (C=N–C) groups is 1. The Morgan fingerprint density at radius 1 is 1.04 bits per heavy atom. The standard InChI is InChI=1S/C14H13Cl2N3O4S3/c15-12-8-11(14(16)24-12)26(22,23)18-9-3-1-4-10(7-9)25(20,21)19-13-5-2-6-17-13/h1,3-4,7-8,18H,2,5-6H2,(H,17,19). The molecule has 0 radical (unpaired) electrons. The van der Waals surface area contributed by atoms with E-state index in [1.54, 1.807) is 0 Å². The normalized spacial score (nSPS) is 14.9. The van der Waals surface area contributed by atoms with Gasteiger partial charge in [0.2, 0.25) is 0 Å². The highest BCUT2D eigenvalue weighted by Gasteiger charge is 2.23. The molecule has 2 heterocycles. The fraction of sp³-hybridized carbons (Fsp3) is 0.214. The van der Waals surface area contributed by atoms with E-state index in [9.17, 15) is 16.8 Å². The van der Waals surface area contributed by atoms with Crippen LogP contribution in [0.25, 0.3) is 0 Å². The fourth-order valence-corrected chi connectivity index (χ4v) is 6.62. The van der Waals surface area contributed by atoms with E-state index < -0.39 is 20.0 Å². The van der Waals surface area contributed by atoms with Crippen molar-refractivity contribution in [2.45, 2.75) is 22.6 Å². The minimum absolute atomic E-state index is 0.0205. The lowest BCUT2D eigenvalue weighted by Crippen LogP contribution is -2.29. The summed E-state index contributed by atoms with van der Waals surface area (Å²) in [5.74, 6) is 0.399. The van der Waals surface area contributed by atoms with Gasteiger partial charge in [-0.1, -0.05) is 29.3 Å². The van der Waals surface area contributed by atoms with Crippen LogP contribution in [-0.4, -0.2) is 29.2 Å². The fourth-order valence-electron chi connectivity index (χ4n) is 2.28. The van der Waals surface area contributed by atoms with Crippen molar-refractivity contribution in [3.8, 4) is 0 Å². The lowest BCUT2D eigenvalue weighted by Gasteiger charge is -2.11. The zero-order chi connectivity index (χ0) is 18.9.